The summed E-state index contributed by atoms with van der Waals surface area (Å²) in [6.07, 6.45) is -3.55. The number of methoxy groups -OCH3 is 2. The number of cyclic esters (lactones) is 1. The lowest BCUT2D eigenvalue weighted by atomic mass is 9.43. The minimum absolute atomic E-state index is 0.00854. The van der Waals surface area contributed by atoms with Crippen LogP contribution in [-0.2, 0) is 56.9 Å². The molecule has 18 nitrogen and oxygen atoms in total. The first-order valence-electron chi connectivity index (χ1n) is 25.1. The molecule has 4 aliphatic carbocycles. The lowest BCUT2D eigenvalue weighted by molar-refractivity contribution is -0.357. The van der Waals surface area contributed by atoms with E-state index in [0.717, 1.165) is 63.4 Å². The van der Waals surface area contributed by atoms with E-state index in [2.05, 4.69) is 13.8 Å². The standard InChI is InChI=1S/C49H78O18/c1-23-43(65-38-19-33(57-6)44(24(2)61-38)66-39-20-34(58-7)45(25(3)62-39)67-46-42(55)41(54)40(53)35(21-50)64-46)32(51)18-37(60-23)63-28-10-13-47(4)27(17-28)8-9-31-30(47)11-14-48(5)29(12-15-49(31,48)56)26-16-36(52)59-22-26/h16,23-25,27-35,37-46,50-51,53-56H,8-15,17-22H2,1-7H3/t23-,24-,25-,27-,28+,29-,30+,31-,32+,33+,34-,35-,37+,38+,39+,40-,41+,42-,43-,44-,45+,46+,47+,48-,49+/m1/s1. The smallest absolute Gasteiger partial charge is 0.331 e. The first kappa shape index (κ1) is 50.5. The molecule has 6 N–H and O–H groups in total. The molecule has 9 rings (SSSR count). The molecule has 4 saturated heterocycles. The second-order valence-corrected chi connectivity index (χ2v) is 22.0. The maximum absolute atomic E-state index is 12.6. The van der Waals surface area contributed by atoms with Crippen molar-refractivity contribution < 1.29 is 87.5 Å². The van der Waals surface area contributed by atoms with E-state index < -0.39 is 117 Å². The van der Waals surface area contributed by atoms with Gasteiger partial charge in [-0.1, -0.05) is 13.8 Å². The normalized spacial score (nSPS) is 53.6. The number of fused-ring (bicyclic) bond motifs is 5. The van der Waals surface area contributed by atoms with Crippen LogP contribution in [0.1, 0.15) is 112 Å². The van der Waals surface area contributed by atoms with Crippen LogP contribution in [0.4, 0.5) is 0 Å². The molecule has 0 aromatic rings. The summed E-state index contributed by atoms with van der Waals surface area (Å²) in [5, 5.41) is 64.8. The Morgan fingerprint density at radius 2 is 1.30 bits per heavy atom. The van der Waals surface area contributed by atoms with Crippen molar-refractivity contribution in [3.8, 4) is 0 Å². The largest absolute Gasteiger partial charge is 0.458 e. The summed E-state index contributed by atoms with van der Waals surface area (Å²) < 4.78 is 67.3. The predicted octanol–water partition coefficient (Wildman–Crippen LogP) is 2.38. The summed E-state index contributed by atoms with van der Waals surface area (Å²) in [5.74, 6) is 1.07. The number of aliphatic hydroxyl groups is 6. The van der Waals surface area contributed by atoms with Crippen molar-refractivity contribution in [2.24, 2.45) is 34.5 Å². The van der Waals surface area contributed by atoms with Crippen molar-refractivity contribution in [3.63, 3.8) is 0 Å². The summed E-state index contributed by atoms with van der Waals surface area (Å²) in [5.41, 5.74) is 0.161. The van der Waals surface area contributed by atoms with E-state index in [1.807, 2.05) is 13.8 Å². The second kappa shape index (κ2) is 19.9. The summed E-state index contributed by atoms with van der Waals surface area (Å²) in [6.45, 7) is 10.0. The number of hydrogen-bond acceptors (Lipinski definition) is 18. The first-order chi connectivity index (χ1) is 31.9. The quantitative estimate of drug-likeness (QED) is 0.122. The van der Waals surface area contributed by atoms with E-state index >= 15 is 0 Å². The fraction of sp³-hybridized carbons (Fsp3) is 0.939. The predicted molar refractivity (Wildman–Crippen MR) is 233 cm³/mol. The Balaban J connectivity index is 0.746. The van der Waals surface area contributed by atoms with Gasteiger partial charge in [-0.25, -0.2) is 4.79 Å². The highest BCUT2D eigenvalue weighted by atomic mass is 16.8. The molecule has 0 aromatic carbocycles. The summed E-state index contributed by atoms with van der Waals surface area (Å²) in [4.78, 5) is 12.0. The van der Waals surface area contributed by atoms with Gasteiger partial charge in [-0.05, 0) is 113 Å². The zero-order chi connectivity index (χ0) is 47.7. The van der Waals surface area contributed by atoms with E-state index in [1.165, 1.54) is 7.11 Å². The van der Waals surface area contributed by atoms with Crippen LogP contribution in [0.3, 0.4) is 0 Å². The van der Waals surface area contributed by atoms with Crippen LogP contribution in [0.15, 0.2) is 11.6 Å². The Morgan fingerprint density at radius 3 is 1.91 bits per heavy atom. The molecule has 0 radical (unpaired) electrons. The van der Waals surface area contributed by atoms with E-state index in [4.69, 9.17) is 52.1 Å². The minimum Gasteiger partial charge on any atom is -0.458 e. The van der Waals surface area contributed by atoms with Crippen LogP contribution in [0.25, 0.3) is 0 Å². The molecule has 67 heavy (non-hydrogen) atoms. The van der Waals surface area contributed by atoms with Crippen molar-refractivity contribution in [1.29, 1.82) is 0 Å². The molecule has 8 fully saturated rings. The van der Waals surface area contributed by atoms with Gasteiger partial charge in [0.2, 0.25) is 0 Å². The molecular formula is C49H78O18. The van der Waals surface area contributed by atoms with Gasteiger partial charge in [-0.2, -0.15) is 0 Å². The van der Waals surface area contributed by atoms with Gasteiger partial charge in [0.15, 0.2) is 25.2 Å². The average molecular weight is 955 g/mol. The third kappa shape index (κ3) is 9.22. The van der Waals surface area contributed by atoms with Gasteiger partial charge < -0.3 is 82.7 Å². The number of carbonyl (C=O) groups is 1. The maximum atomic E-state index is 12.6. The summed E-state index contributed by atoms with van der Waals surface area (Å²) >= 11 is 0. The number of hydrogen-bond donors (Lipinski definition) is 6. The van der Waals surface area contributed by atoms with Crippen molar-refractivity contribution in [1.82, 2.24) is 0 Å². The van der Waals surface area contributed by atoms with E-state index in [9.17, 15) is 35.4 Å². The molecule has 5 aliphatic heterocycles. The number of rotatable bonds is 12. The molecule has 0 unspecified atom stereocenters. The van der Waals surface area contributed by atoms with Crippen molar-refractivity contribution in [3.05, 3.63) is 11.6 Å². The first-order valence-corrected chi connectivity index (χ1v) is 25.1. The summed E-state index contributed by atoms with van der Waals surface area (Å²) in [6, 6.07) is 0. The summed E-state index contributed by atoms with van der Waals surface area (Å²) in [7, 11) is 3.12. The molecule has 0 spiro atoms. The number of aliphatic hydroxyl groups excluding tert-OH is 5. The van der Waals surface area contributed by atoms with Gasteiger partial charge in [0.05, 0.1) is 54.9 Å². The number of esters is 1. The zero-order valence-electron chi connectivity index (χ0n) is 40.3. The molecule has 4 saturated carbocycles. The Kier molecular flexibility index (Phi) is 15.0. The van der Waals surface area contributed by atoms with Gasteiger partial charge in [-0.3, -0.25) is 0 Å². The number of carbonyl (C=O) groups excluding carboxylic acids is 1. The molecule has 0 bridgehead atoms. The molecular weight excluding hydrogens is 877 g/mol. The highest BCUT2D eigenvalue weighted by Gasteiger charge is 2.68. The molecule has 9 aliphatic rings. The van der Waals surface area contributed by atoms with Gasteiger partial charge >= 0.3 is 5.97 Å². The maximum Gasteiger partial charge on any atom is 0.331 e. The van der Waals surface area contributed by atoms with Gasteiger partial charge in [0, 0.05) is 45.0 Å². The molecule has 25 atom stereocenters. The SMILES string of the molecule is CO[C@H]1C[C@H](O[C@H]2[C@@H](O)C[C@H](O[C@H]3CC[C@@]4(C)[C@H](CC[C@@H]5[C@@H]4CC[C@]4(C)[C@@H](C6=CC(=O)OC6)CC[C@]54O)C3)O[C@@H]2C)O[C@H](C)[C@H]1O[C@H]1C[C@@H](OC)[C@@H](O[C@@H]2O[C@H](CO)[C@@H](O)[C@H](O)[C@H]2O)[C@@H](C)O1. The Bertz CT molecular complexity index is 1740. The van der Waals surface area contributed by atoms with Crippen LogP contribution in [-0.4, -0.2) is 180 Å². The van der Waals surface area contributed by atoms with E-state index in [1.54, 1.807) is 20.1 Å². The van der Waals surface area contributed by atoms with Crippen LogP contribution >= 0.6 is 0 Å². The molecule has 5 heterocycles. The minimum atomic E-state index is -1.58. The Labute approximate surface area is 394 Å². The fourth-order valence-electron chi connectivity index (χ4n) is 14.7. The molecule has 0 aromatic heterocycles. The second-order valence-electron chi connectivity index (χ2n) is 22.0. The van der Waals surface area contributed by atoms with Gasteiger partial charge in [-0.15, -0.1) is 0 Å². The highest BCUT2D eigenvalue weighted by molar-refractivity contribution is 5.85. The van der Waals surface area contributed by atoms with E-state index in [-0.39, 0.29) is 47.6 Å². The van der Waals surface area contributed by atoms with Crippen molar-refractivity contribution in [2.75, 3.05) is 27.4 Å². The zero-order valence-corrected chi connectivity index (χ0v) is 40.3. The molecule has 382 valence electrons. The molecule has 0 amide bonds. The van der Waals surface area contributed by atoms with Gasteiger partial charge in [0.1, 0.15) is 49.3 Å². The van der Waals surface area contributed by atoms with Crippen LogP contribution < -0.4 is 0 Å². The van der Waals surface area contributed by atoms with Crippen LogP contribution in [0, 0.1) is 34.5 Å². The highest BCUT2D eigenvalue weighted by Crippen LogP contribution is 2.70. The lowest BCUT2D eigenvalue weighted by Crippen LogP contribution is -2.62. The number of ether oxygens (including phenoxy) is 11. The Hall–Kier alpha value is -1.43. The lowest BCUT2D eigenvalue weighted by Gasteiger charge is -2.64. The Morgan fingerprint density at radius 1 is 0.672 bits per heavy atom. The van der Waals surface area contributed by atoms with Crippen LogP contribution in [0.2, 0.25) is 0 Å². The average Bonchev–Trinajstić information content (AvgIpc) is 3.85. The van der Waals surface area contributed by atoms with Crippen molar-refractivity contribution in [2.45, 2.75) is 228 Å². The van der Waals surface area contributed by atoms with Gasteiger partial charge in [0.25, 0.3) is 0 Å². The monoisotopic (exact) mass is 955 g/mol. The van der Waals surface area contributed by atoms with Crippen molar-refractivity contribution >= 4 is 5.97 Å². The fourth-order valence-corrected chi connectivity index (χ4v) is 14.7. The van der Waals surface area contributed by atoms with Crippen LogP contribution in [0.5, 0.6) is 0 Å². The third-order valence-electron chi connectivity index (χ3n) is 18.5. The molecule has 18 heteroatoms. The van der Waals surface area contributed by atoms with E-state index in [0.29, 0.717) is 24.9 Å². The third-order valence-corrected chi connectivity index (χ3v) is 18.5. The topological polar surface area (TPSA) is 240 Å².